The van der Waals surface area contributed by atoms with E-state index < -0.39 is 0 Å². The van der Waals surface area contributed by atoms with Gasteiger partial charge in [-0.15, -0.1) is 11.6 Å². The van der Waals surface area contributed by atoms with Gasteiger partial charge in [0.1, 0.15) is 5.69 Å². The van der Waals surface area contributed by atoms with Crippen LogP contribution in [0.4, 0.5) is 0 Å². The maximum atomic E-state index is 12.9. The maximum absolute atomic E-state index is 12.9. The molecule has 6 nitrogen and oxygen atoms in total. The Balaban J connectivity index is 1.98. The summed E-state index contributed by atoms with van der Waals surface area (Å²) in [5, 5.41) is 5.38. The first-order valence-corrected chi connectivity index (χ1v) is 10.6. The minimum absolute atomic E-state index is 0.0846. The van der Waals surface area contributed by atoms with Crippen molar-refractivity contribution >= 4 is 22.5 Å². The summed E-state index contributed by atoms with van der Waals surface area (Å²) < 4.78 is 3.48. The lowest BCUT2D eigenvalue weighted by atomic mass is 9.97. The molecule has 7 heteroatoms. The first kappa shape index (κ1) is 20.3. The highest BCUT2D eigenvalue weighted by Gasteiger charge is 2.20. The zero-order valence-corrected chi connectivity index (χ0v) is 18.1. The molecule has 0 fully saturated rings. The molecular weight excluding hydrogens is 398 g/mol. The quantitative estimate of drug-likeness (QED) is 0.434. The molecule has 0 spiro atoms. The Morgan fingerprint density at radius 2 is 2.00 bits per heavy atom. The highest BCUT2D eigenvalue weighted by atomic mass is 35.5. The SMILES string of the molecule is CCCc1c(-c2ccc3ncn(CCCl)c(=O)c3c2)c(-c2cccc(C)n2)nn1C. The third-order valence-electron chi connectivity index (χ3n) is 5.22. The topological polar surface area (TPSA) is 65.6 Å². The predicted octanol–water partition coefficient (Wildman–Crippen LogP) is 4.36. The molecule has 0 amide bonds. The molecule has 154 valence electrons. The van der Waals surface area contributed by atoms with Gasteiger partial charge in [0.2, 0.25) is 0 Å². The van der Waals surface area contributed by atoms with Crippen LogP contribution < -0.4 is 5.56 Å². The third-order valence-corrected chi connectivity index (χ3v) is 5.39. The van der Waals surface area contributed by atoms with Crippen molar-refractivity contribution in [2.24, 2.45) is 7.05 Å². The number of pyridine rings is 1. The maximum Gasteiger partial charge on any atom is 0.261 e. The van der Waals surface area contributed by atoms with Gasteiger partial charge < -0.3 is 0 Å². The van der Waals surface area contributed by atoms with Gasteiger partial charge in [0, 0.05) is 36.4 Å². The van der Waals surface area contributed by atoms with E-state index in [1.165, 1.54) is 0 Å². The number of rotatable bonds is 6. The van der Waals surface area contributed by atoms with Crippen LogP contribution in [-0.2, 0) is 20.0 Å². The third kappa shape index (κ3) is 3.63. The molecule has 0 aliphatic rings. The van der Waals surface area contributed by atoms with Crippen LogP contribution in [0.15, 0.2) is 47.5 Å². The van der Waals surface area contributed by atoms with Gasteiger partial charge in [-0.25, -0.2) is 4.98 Å². The number of aromatic nitrogens is 5. The minimum Gasteiger partial charge on any atom is -0.298 e. The highest BCUT2D eigenvalue weighted by Crippen LogP contribution is 2.35. The lowest BCUT2D eigenvalue weighted by molar-refractivity contribution is 0.700. The van der Waals surface area contributed by atoms with E-state index in [1.807, 2.05) is 55.1 Å². The van der Waals surface area contributed by atoms with Gasteiger partial charge in [-0.05, 0) is 43.2 Å². The largest absolute Gasteiger partial charge is 0.298 e. The Morgan fingerprint density at radius 3 is 2.73 bits per heavy atom. The summed E-state index contributed by atoms with van der Waals surface area (Å²) in [6.07, 6.45) is 3.43. The summed E-state index contributed by atoms with van der Waals surface area (Å²) in [6.45, 7) is 4.55. The highest BCUT2D eigenvalue weighted by molar-refractivity contribution is 6.17. The molecule has 4 rings (SSSR count). The van der Waals surface area contributed by atoms with Crippen molar-refractivity contribution < 1.29 is 0 Å². The number of alkyl halides is 1. The van der Waals surface area contributed by atoms with E-state index in [0.717, 1.165) is 46.7 Å². The summed E-state index contributed by atoms with van der Waals surface area (Å²) in [6, 6.07) is 11.8. The molecule has 0 aliphatic heterocycles. The van der Waals surface area contributed by atoms with E-state index in [0.29, 0.717) is 23.3 Å². The predicted molar refractivity (Wildman–Crippen MR) is 121 cm³/mol. The van der Waals surface area contributed by atoms with Crippen molar-refractivity contribution in [3.05, 3.63) is 64.5 Å². The zero-order valence-electron chi connectivity index (χ0n) is 17.4. The molecule has 0 N–H and O–H groups in total. The second kappa shape index (κ2) is 8.40. The van der Waals surface area contributed by atoms with Gasteiger partial charge >= 0.3 is 0 Å². The molecule has 0 aliphatic carbocycles. The first-order chi connectivity index (χ1) is 14.5. The Kier molecular flexibility index (Phi) is 5.68. The fraction of sp³-hybridized carbons (Fsp3) is 0.304. The average molecular weight is 422 g/mol. The average Bonchev–Trinajstić information content (AvgIpc) is 3.07. The van der Waals surface area contributed by atoms with Crippen LogP contribution >= 0.6 is 11.6 Å². The van der Waals surface area contributed by atoms with Crippen LogP contribution in [0.2, 0.25) is 0 Å². The minimum atomic E-state index is -0.0846. The number of fused-ring (bicyclic) bond motifs is 1. The van der Waals surface area contributed by atoms with Crippen molar-refractivity contribution in [1.82, 2.24) is 24.3 Å². The van der Waals surface area contributed by atoms with Crippen LogP contribution in [0.3, 0.4) is 0 Å². The molecular formula is C23H24ClN5O. The molecule has 1 aromatic carbocycles. The van der Waals surface area contributed by atoms with E-state index in [9.17, 15) is 4.79 Å². The van der Waals surface area contributed by atoms with E-state index >= 15 is 0 Å². The summed E-state index contributed by atoms with van der Waals surface area (Å²) >= 11 is 5.84. The van der Waals surface area contributed by atoms with Crippen LogP contribution in [-0.4, -0.2) is 30.2 Å². The van der Waals surface area contributed by atoms with Crippen LogP contribution in [0.5, 0.6) is 0 Å². The fourth-order valence-electron chi connectivity index (χ4n) is 3.80. The molecule has 3 heterocycles. The van der Waals surface area contributed by atoms with E-state index in [4.69, 9.17) is 21.7 Å². The summed E-state index contributed by atoms with van der Waals surface area (Å²) in [5.41, 5.74) is 6.27. The Bertz CT molecular complexity index is 1270. The normalized spacial score (nSPS) is 11.3. The number of hydrogen-bond donors (Lipinski definition) is 0. The van der Waals surface area contributed by atoms with Crippen molar-refractivity contribution in [2.45, 2.75) is 33.2 Å². The van der Waals surface area contributed by atoms with Gasteiger partial charge in [0.15, 0.2) is 0 Å². The van der Waals surface area contributed by atoms with E-state index in [1.54, 1.807) is 10.9 Å². The number of hydrogen-bond acceptors (Lipinski definition) is 4. The Morgan fingerprint density at radius 1 is 1.17 bits per heavy atom. The smallest absolute Gasteiger partial charge is 0.261 e. The number of benzene rings is 1. The van der Waals surface area contributed by atoms with Crippen molar-refractivity contribution in [3.63, 3.8) is 0 Å². The number of halogens is 1. The first-order valence-electron chi connectivity index (χ1n) is 10.1. The Labute approximate surface area is 180 Å². The van der Waals surface area contributed by atoms with E-state index in [-0.39, 0.29) is 5.56 Å². The molecule has 0 bridgehead atoms. The molecule has 30 heavy (non-hydrogen) atoms. The molecule has 4 aromatic rings. The van der Waals surface area contributed by atoms with E-state index in [2.05, 4.69) is 11.9 Å². The molecule has 3 aromatic heterocycles. The molecule has 0 saturated heterocycles. The van der Waals surface area contributed by atoms with Gasteiger partial charge in [-0.3, -0.25) is 19.0 Å². The van der Waals surface area contributed by atoms with Crippen LogP contribution in [0.1, 0.15) is 24.7 Å². The summed E-state index contributed by atoms with van der Waals surface area (Å²) in [7, 11) is 1.96. The summed E-state index contributed by atoms with van der Waals surface area (Å²) in [5.74, 6) is 0.360. The number of aryl methyl sites for hydroxylation is 3. The van der Waals surface area contributed by atoms with Gasteiger partial charge in [0.25, 0.3) is 5.56 Å². The molecule has 0 saturated carbocycles. The summed E-state index contributed by atoms with van der Waals surface area (Å²) in [4.78, 5) is 22.1. The second-order valence-electron chi connectivity index (χ2n) is 7.37. The lowest BCUT2D eigenvalue weighted by Crippen LogP contribution is -2.21. The lowest BCUT2D eigenvalue weighted by Gasteiger charge is -2.09. The van der Waals surface area contributed by atoms with Crippen LogP contribution in [0, 0.1) is 6.92 Å². The zero-order chi connectivity index (χ0) is 21.3. The van der Waals surface area contributed by atoms with Crippen molar-refractivity contribution in [1.29, 1.82) is 0 Å². The monoisotopic (exact) mass is 421 g/mol. The van der Waals surface area contributed by atoms with Crippen LogP contribution in [0.25, 0.3) is 33.4 Å². The van der Waals surface area contributed by atoms with Crippen molar-refractivity contribution in [2.75, 3.05) is 5.88 Å². The van der Waals surface area contributed by atoms with Crippen molar-refractivity contribution in [3.8, 4) is 22.5 Å². The Hall–Kier alpha value is -2.99. The molecule has 0 unspecified atom stereocenters. The molecule has 0 atom stereocenters. The standard InChI is InChI=1S/C23H24ClN5O/c1-4-6-20-21(22(27-28(20)3)19-8-5-7-15(2)26-19)16-9-10-18-17(13-16)23(30)29(12-11-24)14-25-18/h5,7-10,13-14H,4,6,11-12H2,1-3H3. The van der Waals surface area contributed by atoms with Gasteiger partial charge in [0.05, 0.1) is 22.9 Å². The van der Waals surface area contributed by atoms with Gasteiger partial charge in [-0.1, -0.05) is 25.5 Å². The number of nitrogens with zero attached hydrogens (tertiary/aromatic N) is 5. The fourth-order valence-corrected chi connectivity index (χ4v) is 3.99. The van der Waals surface area contributed by atoms with Gasteiger partial charge in [-0.2, -0.15) is 5.10 Å². The molecule has 0 radical (unpaired) electrons. The second-order valence-corrected chi connectivity index (χ2v) is 7.75.